The van der Waals surface area contributed by atoms with Gasteiger partial charge in [0.15, 0.2) is 5.78 Å². The zero-order chi connectivity index (χ0) is 18.4. The molecule has 1 aliphatic rings. The van der Waals surface area contributed by atoms with Gasteiger partial charge in [-0.1, -0.05) is 0 Å². The van der Waals surface area contributed by atoms with Gasteiger partial charge in [-0.3, -0.25) is 19.2 Å². The molecule has 1 heterocycles. The monoisotopic (exact) mass is 343 g/mol. The normalized spacial score (nSPS) is 14.9. The molecule has 3 amide bonds. The van der Waals surface area contributed by atoms with Crippen molar-refractivity contribution in [3.63, 3.8) is 0 Å². The van der Waals surface area contributed by atoms with E-state index in [-0.39, 0.29) is 17.6 Å². The Hall–Kier alpha value is -2.96. The van der Waals surface area contributed by atoms with Gasteiger partial charge in [0, 0.05) is 49.1 Å². The van der Waals surface area contributed by atoms with Crippen molar-refractivity contribution in [2.45, 2.75) is 13.8 Å². The number of carbonyl (C=O) groups is 4. The molecule has 0 radical (unpaired) electrons. The van der Waals surface area contributed by atoms with Crippen LogP contribution in [0.4, 0.5) is 5.69 Å². The first-order valence-corrected chi connectivity index (χ1v) is 7.99. The fraction of sp³-hybridized carbons (Fsp3) is 0.333. The van der Waals surface area contributed by atoms with Gasteiger partial charge in [0.2, 0.25) is 12.3 Å². The van der Waals surface area contributed by atoms with E-state index in [0.717, 1.165) is 6.41 Å². The predicted molar refractivity (Wildman–Crippen MR) is 93.1 cm³/mol. The van der Waals surface area contributed by atoms with Gasteiger partial charge in [-0.2, -0.15) is 0 Å². The maximum absolute atomic E-state index is 12.2. The Bertz CT molecular complexity index is 702. The Balaban J connectivity index is 1.94. The average molecular weight is 343 g/mol. The highest BCUT2D eigenvalue weighted by Gasteiger charge is 2.19. The van der Waals surface area contributed by atoms with Crippen LogP contribution in [-0.2, 0) is 14.4 Å². The van der Waals surface area contributed by atoms with Crippen molar-refractivity contribution in [1.29, 1.82) is 0 Å². The summed E-state index contributed by atoms with van der Waals surface area (Å²) in [6.07, 6.45) is 2.07. The molecule has 0 saturated carbocycles. The molecule has 132 valence electrons. The lowest BCUT2D eigenvalue weighted by atomic mass is 10.1. The van der Waals surface area contributed by atoms with Gasteiger partial charge in [-0.15, -0.1) is 0 Å². The standard InChI is InChI=1S/C18H21N3O4/c1-13(11-17(24)21-9-7-20(12-22)8-10-21)18(25)19-16-5-3-15(4-6-16)14(2)23/h3-6,11-12H,7-10H2,1-2H3,(H,19,25)/b13-11-. The summed E-state index contributed by atoms with van der Waals surface area (Å²) in [5.74, 6) is -0.671. The van der Waals surface area contributed by atoms with Crippen molar-refractivity contribution in [3.8, 4) is 0 Å². The number of benzene rings is 1. The number of carbonyl (C=O) groups excluding carboxylic acids is 4. The Morgan fingerprint density at radius 3 is 2.12 bits per heavy atom. The number of nitrogens with zero attached hydrogens (tertiary/aromatic N) is 2. The molecule has 0 aromatic heterocycles. The van der Waals surface area contributed by atoms with E-state index in [1.165, 1.54) is 13.0 Å². The van der Waals surface area contributed by atoms with Crippen LogP contribution in [-0.4, -0.2) is 60.0 Å². The average Bonchev–Trinajstić information content (AvgIpc) is 2.62. The Kier molecular flexibility index (Phi) is 6.05. The molecule has 2 rings (SSSR count). The molecule has 0 atom stereocenters. The third-order valence-corrected chi connectivity index (χ3v) is 4.02. The summed E-state index contributed by atoms with van der Waals surface area (Å²) in [7, 11) is 0. The van der Waals surface area contributed by atoms with E-state index in [9.17, 15) is 19.2 Å². The molecule has 0 spiro atoms. The van der Waals surface area contributed by atoms with Gasteiger partial charge in [-0.25, -0.2) is 0 Å². The zero-order valence-electron chi connectivity index (χ0n) is 14.3. The summed E-state index contributed by atoms with van der Waals surface area (Å²) in [6, 6.07) is 6.55. The number of rotatable bonds is 5. The van der Waals surface area contributed by atoms with Crippen LogP contribution < -0.4 is 5.32 Å². The van der Waals surface area contributed by atoms with Crippen LogP contribution in [0.5, 0.6) is 0 Å². The van der Waals surface area contributed by atoms with Crippen molar-refractivity contribution < 1.29 is 19.2 Å². The summed E-state index contributed by atoms with van der Waals surface area (Å²) in [6.45, 7) is 4.94. The van der Waals surface area contributed by atoms with Crippen LogP contribution in [0, 0.1) is 0 Å². The highest BCUT2D eigenvalue weighted by molar-refractivity contribution is 6.07. The molecule has 0 bridgehead atoms. The van der Waals surface area contributed by atoms with Crippen molar-refractivity contribution in [2.24, 2.45) is 0 Å². The lowest BCUT2D eigenvalue weighted by molar-refractivity contribution is -0.131. The maximum atomic E-state index is 12.2. The molecule has 0 aliphatic carbocycles. The number of Topliss-reactive ketones (excluding diaryl/α,β-unsaturated/α-hetero) is 1. The summed E-state index contributed by atoms with van der Waals surface area (Å²) >= 11 is 0. The number of ketones is 1. The minimum absolute atomic E-state index is 0.0470. The Labute approximate surface area is 146 Å². The van der Waals surface area contributed by atoms with Crippen LogP contribution in [0.2, 0.25) is 0 Å². The summed E-state index contributed by atoms with van der Waals surface area (Å²) < 4.78 is 0. The molecular weight excluding hydrogens is 322 g/mol. The van der Waals surface area contributed by atoms with Crippen LogP contribution in [0.15, 0.2) is 35.9 Å². The number of nitrogens with one attached hydrogen (secondary N) is 1. The minimum Gasteiger partial charge on any atom is -0.342 e. The van der Waals surface area contributed by atoms with Gasteiger partial charge in [0.25, 0.3) is 5.91 Å². The maximum Gasteiger partial charge on any atom is 0.251 e. The fourth-order valence-corrected chi connectivity index (χ4v) is 2.41. The second kappa shape index (κ2) is 8.23. The highest BCUT2D eigenvalue weighted by Crippen LogP contribution is 2.12. The van der Waals surface area contributed by atoms with Gasteiger partial charge in [0.05, 0.1) is 0 Å². The summed E-state index contributed by atoms with van der Waals surface area (Å²) in [5.41, 5.74) is 1.41. The van der Waals surface area contributed by atoms with Crippen molar-refractivity contribution in [3.05, 3.63) is 41.5 Å². The van der Waals surface area contributed by atoms with E-state index in [4.69, 9.17) is 0 Å². The number of piperazine rings is 1. The van der Waals surface area contributed by atoms with Crippen molar-refractivity contribution in [1.82, 2.24) is 9.80 Å². The van der Waals surface area contributed by atoms with E-state index in [2.05, 4.69) is 5.32 Å². The van der Waals surface area contributed by atoms with E-state index in [0.29, 0.717) is 43.0 Å². The van der Waals surface area contributed by atoms with Crippen LogP contribution in [0.3, 0.4) is 0 Å². The molecule has 1 fully saturated rings. The lowest BCUT2D eigenvalue weighted by Gasteiger charge is -2.31. The predicted octanol–water partition coefficient (Wildman–Crippen LogP) is 1.07. The second-order valence-corrected chi connectivity index (χ2v) is 5.88. The minimum atomic E-state index is -0.379. The number of hydrogen-bond donors (Lipinski definition) is 1. The number of hydrogen-bond acceptors (Lipinski definition) is 4. The SMILES string of the molecule is CC(=O)c1ccc(NC(=O)/C(C)=C\C(=O)N2CCN(C=O)CC2)cc1. The number of amides is 3. The molecular formula is C18H21N3O4. The van der Waals surface area contributed by atoms with Crippen molar-refractivity contribution in [2.75, 3.05) is 31.5 Å². The van der Waals surface area contributed by atoms with Crippen LogP contribution in [0.1, 0.15) is 24.2 Å². The molecule has 7 heteroatoms. The lowest BCUT2D eigenvalue weighted by Crippen LogP contribution is -2.47. The fourth-order valence-electron chi connectivity index (χ4n) is 2.41. The number of anilines is 1. The van der Waals surface area contributed by atoms with Gasteiger partial charge >= 0.3 is 0 Å². The topological polar surface area (TPSA) is 86.8 Å². The van der Waals surface area contributed by atoms with E-state index in [1.807, 2.05) is 0 Å². The first-order chi connectivity index (χ1) is 11.9. The second-order valence-electron chi connectivity index (χ2n) is 5.88. The van der Waals surface area contributed by atoms with Crippen molar-refractivity contribution >= 4 is 29.7 Å². The quantitative estimate of drug-likeness (QED) is 0.492. The summed E-state index contributed by atoms with van der Waals surface area (Å²) in [4.78, 5) is 49.5. The molecule has 1 aromatic carbocycles. The van der Waals surface area contributed by atoms with Gasteiger partial charge in [-0.05, 0) is 38.1 Å². The van der Waals surface area contributed by atoms with E-state index < -0.39 is 0 Å². The third-order valence-electron chi connectivity index (χ3n) is 4.02. The Morgan fingerprint density at radius 2 is 1.60 bits per heavy atom. The molecule has 7 nitrogen and oxygen atoms in total. The molecule has 1 aliphatic heterocycles. The van der Waals surface area contributed by atoms with E-state index in [1.54, 1.807) is 41.0 Å². The first-order valence-electron chi connectivity index (χ1n) is 7.99. The largest absolute Gasteiger partial charge is 0.342 e. The van der Waals surface area contributed by atoms with Crippen LogP contribution >= 0.6 is 0 Å². The van der Waals surface area contributed by atoms with Gasteiger partial charge < -0.3 is 15.1 Å². The van der Waals surface area contributed by atoms with Crippen LogP contribution in [0.25, 0.3) is 0 Å². The van der Waals surface area contributed by atoms with Gasteiger partial charge in [0.1, 0.15) is 0 Å². The molecule has 0 unspecified atom stereocenters. The molecule has 1 N–H and O–H groups in total. The Morgan fingerprint density at radius 1 is 1.00 bits per heavy atom. The summed E-state index contributed by atoms with van der Waals surface area (Å²) in [5, 5.41) is 2.69. The van der Waals surface area contributed by atoms with E-state index >= 15 is 0 Å². The first kappa shape index (κ1) is 18.4. The smallest absolute Gasteiger partial charge is 0.251 e. The third kappa shape index (κ3) is 5.00. The highest BCUT2D eigenvalue weighted by atomic mass is 16.2. The zero-order valence-corrected chi connectivity index (χ0v) is 14.3. The molecule has 25 heavy (non-hydrogen) atoms. The molecule has 1 saturated heterocycles. The molecule has 1 aromatic rings.